The molecule has 0 bridgehead atoms. The Kier molecular flexibility index (Phi) is 3.89. The highest BCUT2D eigenvalue weighted by Crippen LogP contribution is 2.10. The molecule has 0 fully saturated rings. The standard InChI is InChI=1S/C7H10N6O2S/c1-2-12-5(4-10-11-6(8)16)3-9-7(12)13(14)15/h3-4H,2H2,1H3,(H3,8,11,16). The third-order valence-corrected chi connectivity index (χ3v) is 1.81. The molecular formula is C7H10N6O2S. The van der Waals surface area contributed by atoms with Crippen molar-refractivity contribution in [3.05, 3.63) is 22.0 Å². The minimum Gasteiger partial charge on any atom is -0.390 e. The Bertz CT molecular complexity index is 440. The van der Waals surface area contributed by atoms with Gasteiger partial charge in [-0.25, -0.2) is 4.57 Å². The van der Waals surface area contributed by atoms with Crippen molar-refractivity contribution in [2.45, 2.75) is 13.5 Å². The second kappa shape index (κ2) is 5.16. The van der Waals surface area contributed by atoms with Crippen molar-refractivity contribution >= 4 is 29.5 Å². The monoisotopic (exact) mass is 242 g/mol. The lowest BCUT2D eigenvalue weighted by molar-refractivity contribution is -0.396. The molecule has 0 aliphatic heterocycles. The SMILES string of the molecule is CCn1c(C=NNC(N)=S)cnc1[N+](=O)[O-]. The van der Waals surface area contributed by atoms with E-state index >= 15 is 0 Å². The fourth-order valence-electron chi connectivity index (χ4n) is 1.11. The first-order chi connectivity index (χ1) is 7.56. The Morgan fingerprint density at radius 1 is 1.94 bits per heavy atom. The van der Waals surface area contributed by atoms with Gasteiger partial charge in [-0.05, 0) is 24.1 Å². The van der Waals surface area contributed by atoms with Crippen LogP contribution in [0.25, 0.3) is 0 Å². The maximum absolute atomic E-state index is 10.6. The van der Waals surface area contributed by atoms with Crippen LogP contribution >= 0.6 is 12.2 Å². The lowest BCUT2D eigenvalue weighted by Crippen LogP contribution is -2.24. The molecule has 0 unspecified atom stereocenters. The Morgan fingerprint density at radius 3 is 3.12 bits per heavy atom. The summed E-state index contributed by atoms with van der Waals surface area (Å²) >= 11 is 4.54. The summed E-state index contributed by atoms with van der Waals surface area (Å²) in [6, 6.07) is 0. The summed E-state index contributed by atoms with van der Waals surface area (Å²) in [6.45, 7) is 2.19. The fourth-order valence-corrected chi connectivity index (χ4v) is 1.17. The molecule has 16 heavy (non-hydrogen) atoms. The van der Waals surface area contributed by atoms with Crippen molar-refractivity contribution < 1.29 is 4.92 Å². The van der Waals surface area contributed by atoms with Crippen molar-refractivity contribution in [3.8, 4) is 0 Å². The van der Waals surface area contributed by atoms with E-state index in [1.807, 2.05) is 0 Å². The zero-order chi connectivity index (χ0) is 12.1. The van der Waals surface area contributed by atoms with Crippen LogP contribution in [0.1, 0.15) is 12.6 Å². The van der Waals surface area contributed by atoms with Crippen LogP contribution in [0.5, 0.6) is 0 Å². The molecule has 0 saturated carbocycles. The van der Waals surface area contributed by atoms with Gasteiger partial charge in [-0.1, -0.05) is 4.98 Å². The van der Waals surface area contributed by atoms with E-state index in [0.717, 1.165) is 0 Å². The van der Waals surface area contributed by atoms with Crippen molar-refractivity contribution in [1.82, 2.24) is 15.0 Å². The first kappa shape index (κ1) is 12.0. The minimum absolute atomic E-state index is 0.0216. The number of imidazole rings is 1. The maximum atomic E-state index is 10.6. The molecule has 9 heteroatoms. The predicted molar refractivity (Wildman–Crippen MR) is 62.1 cm³/mol. The highest BCUT2D eigenvalue weighted by atomic mass is 32.1. The molecule has 0 amide bonds. The molecular weight excluding hydrogens is 232 g/mol. The number of rotatable bonds is 4. The van der Waals surface area contributed by atoms with Crippen molar-refractivity contribution in [1.29, 1.82) is 0 Å². The van der Waals surface area contributed by atoms with Gasteiger partial charge in [0.05, 0.1) is 12.8 Å². The molecule has 0 aliphatic rings. The van der Waals surface area contributed by atoms with E-state index in [9.17, 15) is 10.1 Å². The quantitative estimate of drug-likeness (QED) is 0.332. The first-order valence-corrected chi connectivity index (χ1v) is 4.75. The lowest BCUT2D eigenvalue weighted by Gasteiger charge is -1.99. The van der Waals surface area contributed by atoms with E-state index in [-0.39, 0.29) is 11.1 Å². The Balaban J connectivity index is 2.93. The van der Waals surface area contributed by atoms with Gasteiger partial charge in [-0.3, -0.25) is 5.43 Å². The molecule has 8 nitrogen and oxygen atoms in total. The Labute approximate surface area is 96.3 Å². The van der Waals surface area contributed by atoms with Gasteiger partial charge in [0.25, 0.3) is 0 Å². The number of aromatic nitrogens is 2. The van der Waals surface area contributed by atoms with Gasteiger partial charge in [0.2, 0.25) is 0 Å². The molecule has 1 aromatic rings. The summed E-state index contributed by atoms with van der Waals surface area (Å²) in [7, 11) is 0. The number of nitrogens with one attached hydrogen (secondary N) is 1. The molecule has 0 radical (unpaired) electrons. The van der Waals surface area contributed by atoms with Gasteiger partial charge in [0.15, 0.2) is 10.8 Å². The maximum Gasteiger partial charge on any atom is 0.435 e. The van der Waals surface area contributed by atoms with Crippen LogP contribution in [0.4, 0.5) is 5.95 Å². The number of nitrogens with zero attached hydrogens (tertiary/aromatic N) is 4. The third-order valence-electron chi connectivity index (χ3n) is 1.72. The normalized spacial score (nSPS) is 10.6. The number of nitro groups is 1. The van der Waals surface area contributed by atoms with Crippen LogP contribution in [-0.4, -0.2) is 25.8 Å². The fraction of sp³-hybridized carbons (Fsp3) is 0.286. The predicted octanol–water partition coefficient (Wildman–Crippen LogP) is -0.0217. The summed E-state index contributed by atoms with van der Waals surface area (Å²) in [6.07, 6.45) is 2.72. The minimum atomic E-state index is -0.554. The van der Waals surface area contributed by atoms with Gasteiger partial charge in [-0.15, -0.1) is 0 Å². The summed E-state index contributed by atoms with van der Waals surface area (Å²) in [5, 5.41) is 14.3. The molecule has 0 aromatic carbocycles. The van der Waals surface area contributed by atoms with Crippen molar-refractivity contribution in [3.63, 3.8) is 0 Å². The summed E-state index contributed by atoms with van der Waals surface area (Å²) in [5.74, 6) is -0.223. The zero-order valence-corrected chi connectivity index (χ0v) is 9.27. The molecule has 1 aromatic heterocycles. The van der Waals surface area contributed by atoms with Gasteiger partial charge in [-0.2, -0.15) is 5.10 Å². The highest BCUT2D eigenvalue weighted by Gasteiger charge is 2.17. The molecule has 1 rings (SSSR count). The van der Waals surface area contributed by atoms with E-state index in [1.165, 1.54) is 17.0 Å². The lowest BCUT2D eigenvalue weighted by atomic mass is 10.5. The van der Waals surface area contributed by atoms with Crippen LogP contribution in [0, 0.1) is 10.1 Å². The first-order valence-electron chi connectivity index (χ1n) is 4.34. The molecule has 1 heterocycles. The third kappa shape index (κ3) is 2.73. The summed E-state index contributed by atoms with van der Waals surface area (Å²) < 4.78 is 1.41. The van der Waals surface area contributed by atoms with Crippen molar-refractivity contribution in [2.75, 3.05) is 0 Å². The molecule has 3 N–H and O–H groups in total. The smallest absolute Gasteiger partial charge is 0.390 e. The van der Waals surface area contributed by atoms with Crippen LogP contribution in [0.3, 0.4) is 0 Å². The number of hydrogen-bond acceptors (Lipinski definition) is 5. The van der Waals surface area contributed by atoms with Crippen LogP contribution in [0.2, 0.25) is 0 Å². The Morgan fingerprint density at radius 2 is 2.62 bits per heavy atom. The zero-order valence-electron chi connectivity index (χ0n) is 8.45. The number of hydrogen-bond donors (Lipinski definition) is 2. The Hall–Kier alpha value is -2.03. The van der Waals surface area contributed by atoms with E-state index < -0.39 is 4.92 Å². The van der Waals surface area contributed by atoms with Gasteiger partial charge in [0, 0.05) is 0 Å². The highest BCUT2D eigenvalue weighted by molar-refractivity contribution is 7.80. The van der Waals surface area contributed by atoms with Crippen LogP contribution in [-0.2, 0) is 6.54 Å². The van der Waals surface area contributed by atoms with E-state index in [2.05, 4.69) is 27.7 Å². The number of thiocarbonyl (C=S) groups is 1. The molecule has 86 valence electrons. The molecule has 0 atom stereocenters. The number of hydrazone groups is 1. The average Bonchev–Trinajstić information content (AvgIpc) is 2.60. The van der Waals surface area contributed by atoms with Crippen LogP contribution in [0.15, 0.2) is 11.3 Å². The van der Waals surface area contributed by atoms with E-state index in [0.29, 0.717) is 12.2 Å². The second-order valence-corrected chi connectivity index (χ2v) is 3.16. The van der Waals surface area contributed by atoms with E-state index in [1.54, 1.807) is 6.92 Å². The number of nitrogens with two attached hydrogens (primary N) is 1. The summed E-state index contributed by atoms with van der Waals surface area (Å²) in [4.78, 5) is 13.7. The van der Waals surface area contributed by atoms with Crippen LogP contribution < -0.4 is 11.2 Å². The van der Waals surface area contributed by atoms with Crippen molar-refractivity contribution in [2.24, 2.45) is 10.8 Å². The topological polar surface area (TPSA) is 111 Å². The average molecular weight is 242 g/mol. The molecule has 0 aliphatic carbocycles. The molecule has 0 saturated heterocycles. The van der Waals surface area contributed by atoms with Gasteiger partial charge < -0.3 is 15.8 Å². The van der Waals surface area contributed by atoms with E-state index in [4.69, 9.17) is 5.73 Å². The van der Waals surface area contributed by atoms with Gasteiger partial charge in [0.1, 0.15) is 6.20 Å². The second-order valence-electron chi connectivity index (χ2n) is 2.72. The molecule has 0 spiro atoms. The summed E-state index contributed by atoms with van der Waals surface area (Å²) in [5.41, 5.74) is 8.01. The van der Waals surface area contributed by atoms with Gasteiger partial charge >= 0.3 is 5.95 Å². The largest absolute Gasteiger partial charge is 0.435 e.